The molecule has 87 heavy (non-hydrogen) atoms. The minimum Gasteiger partial charge on any atom is -0.508 e. The molecule has 2 aliphatic rings. The first-order chi connectivity index (χ1) is 41.7. The van der Waals surface area contributed by atoms with Crippen LogP contribution in [-0.4, -0.2) is 130 Å². The minimum atomic E-state index is -1.63. The van der Waals surface area contributed by atoms with Gasteiger partial charge in [-0.05, 0) is 90.0 Å². The quantitative estimate of drug-likeness (QED) is 0.0536. The van der Waals surface area contributed by atoms with E-state index in [2.05, 4.69) is 42.8 Å². The van der Waals surface area contributed by atoms with E-state index in [1.165, 1.54) is 72.8 Å². The predicted octanol–water partition coefficient (Wildman–Crippen LogP) is 0.0218. The van der Waals surface area contributed by atoms with E-state index < -0.39 is 126 Å². The Hall–Kier alpha value is -9.83. The molecule has 0 saturated heterocycles. The van der Waals surface area contributed by atoms with Crippen molar-refractivity contribution in [2.45, 2.75) is 68.9 Å². The number of carbonyl (C=O) groups excluding carboxylic acids is 10. The van der Waals surface area contributed by atoms with Crippen molar-refractivity contribution < 1.29 is 62.6 Å². The highest BCUT2D eigenvalue weighted by Gasteiger charge is 2.42. The maximum absolute atomic E-state index is 14.9. The van der Waals surface area contributed by atoms with Gasteiger partial charge in [-0.3, -0.25) is 58.8 Å². The highest BCUT2D eigenvalue weighted by molar-refractivity contribution is 8.08. The molecule has 0 spiro atoms. The Morgan fingerprint density at radius 1 is 0.575 bits per heavy atom. The fourth-order valence-electron chi connectivity index (χ4n) is 9.13. The maximum Gasteiger partial charge on any atom is 0.336 e. The fraction of sp³-hybridized carbons (Fsp3) is 0.250. The zero-order valence-electron chi connectivity index (χ0n) is 46.5. The van der Waals surface area contributed by atoms with Gasteiger partial charge in [0.2, 0.25) is 35.4 Å². The number of aryl methyl sites for hydroxylation is 1. The molecule has 10 amide bonds. The molecule has 0 unspecified atom stereocenters. The lowest BCUT2D eigenvalue weighted by atomic mass is 10.0. The van der Waals surface area contributed by atoms with Crippen molar-refractivity contribution in [3.8, 4) is 11.5 Å². The van der Waals surface area contributed by atoms with Crippen molar-refractivity contribution in [1.82, 2.24) is 42.8 Å². The number of fused-ring (bicyclic) bond motifs is 1. The number of thioether (sulfide) groups is 2. The van der Waals surface area contributed by atoms with E-state index in [1.807, 2.05) is 0 Å². The number of hydrogen-bond donors (Lipinski definition) is 12. The number of carbonyl (C=O) groups is 10. The van der Waals surface area contributed by atoms with Crippen molar-refractivity contribution in [3.63, 3.8) is 0 Å². The zero-order chi connectivity index (χ0) is 62.3. The largest absolute Gasteiger partial charge is 0.508 e. The Morgan fingerprint density at radius 2 is 1.00 bits per heavy atom. The molecule has 0 saturated carbocycles. The molecule has 0 fully saturated rings. The molecule has 14 N–H and O–H groups in total. The SMILES string of the molecule is Cc1cc(=O)oc2ccc(N3C(=O)C4=C(SC[C@@H](NC(=O)[C@@H](N)Cc5ccc(O)cc5)C(=O)NCC(=O)N[C@@H](Cc5ccccc5)C(=O)NNC(=O)[C@H](Cc5ccccc5)NC(=O)CNC(=O)[C@H](NC(=O)[C@@H](N)Cc5ccc(O)cc5)CS4)C3=O)cc12. The summed E-state index contributed by atoms with van der Waals surface area (Å²) in [6.07, 6.45) is -0.397. The van der Waals surface area contributed by atoms with Crippen LogP contribution in [0.1, 0.15) is 27.8 Å². The Morgan fingerprint density at radius 3 is 1.43 bits per heavy atom. The molecule has 1 aromatic heterocycles. The summed E-state index contributed by atoms with van der Waals surface area (Å²) >= 11 is 1.29. The molecule has 3 heterocycles. The lowest BCUT2D eigenvalue weighted by molar-refractivity contribution is -0.134. The van der Waals surface area contributed by atoms with Gasteiger partial charge in [-0.25, -0.2) is 9.69 Å². The number of hydrazine groups is 1. The van der Waals surface area contributed by atoms with E-state index in [0.717, 1.165) is 4.90 Å². The number of hydrogen-bond acceptors (Lipinski definition) is 18. The molecule has 0 radical (unpaired) electrons. The van der Waals surface area contributed by atoms with Gasteiger partial charge in [-0.15, -0.1) is 23.5 Å². The summed E-state index contributed by atoms with van der Waals surface area (Å²) in [4.78, 5) is 154. The number of phenols is 2. The van der Waals surface area contributed by atoms with Crippen LogP contribution in [0.5, 0.6) is 11.5 Å². The number of phenolic OH excluding ortho intramolecular Hbond substituents is 2. The molecule has 452 valence electrons. The summed E-state index contributed by atoms with van der Waals surface area (Å²) in [5.41, 5.74) is 19.5. The van der Waals surface area contributed by atoms with Crippen LogP contribution < -0.4 is 64.7 Å². The summed E-state index contributed by atoms with van der Waals surface area (Å²) in [5, 5.41) is 35.2. The maximum atomic E-state index is 14.9. The molecule has 5 aromatic carbocycles. The lowest BCUT2D eigenvalue weighted by Crippen LogP contribution is -2.59. The third kappa shape index (κ3) is 17.2. The van der Waals surface area contributed by atoms with Crippen LogP contribution in [0, 0.1) is 6.92 Å². The van der Waals surface area contributed by atoms with Gasteiger partial charge >= 0.3 is 5.63 Å². The second-order valence-electron chi connectivity index (χ2n) is 20.3. The standard InChI is InChI=1S/C60H61N11O14S2/c1-32-22-50(76)85-47-21-16-37(27-40(32)47)71-59(83)51-52(60(71)84)87-31-46(68-54(78)42(62)24-36-14-19-39(73)20-15-36)56(80)64-29-49(75)66-44(26-34-10-6-3-7-11-34)58(82)70-69-57(81)43(25-33-8-4-2-5-9-33)65-48(74)28-63-55(79)45(30-86-51)67-53(77)41(61)23-35-12-17-38(72)18-13-35/h2-22,27,41-46,72-73H,23-26,28-31,61-62H2,1H3,(H,63,79)(H,64,80)(H,65,74)(H,66,75)(H,67,77)(H,68,78)(H,69,81)(H,70,82)/t41-,42-,43-,44-,45+,46+/m0/s1. The number of nitrogens with zero attached hydrogens (tertiary/aromatic N) is 1. The van der Waals surface area contributed by atoms with Crippen molar-refractivity contribution in [1.29, 1.82) is 0 Å². The van der Waals surface area contributed by atoms with Crippen LogP contribution >= 0.6 is 23.5 Å². The normalized spacial score (nSPS) is 19.5. The number of amides is 10. The smallest absolute Gasteiger partial charge is 0.336 e. The Bertz CT molecular complexity index is 3500. The molecule has 6 atom stereocenters. The zero-order valence-corrected chi connectivity index (χ0v) is 48.2. The molecule has 0 aliphatic carbocycles. The van der Waals surface area contributed by atoms with Gasteiger partial charge in [0.25, 0.3) is 23.6 Å². The van der Waals surface area contributed by atoms with E-state index in [-0.39, 0.29) is 58.3 Å². The average molecular weight is 1220 g/mol. The van der Waals surface area contributed by atoms with Gasteiger partial charge in [0.05, 0.1) is 40.7 Å². The molecular weight excluding hydrogens is 1160 g/mol. The summed E-state index contributed by atoms with van der Waals surface area (Å²) in [6.45, 7) is 0.0263. The molecular formula is C60H61N11O14S2. The first-order valence-corrected chi connectivity index (χ1v) is 29.1. The van der Waals surface area contributed by atoms with Crippen molar-refractivity contribution in [2.75, 3.05) is 29.5 Å². The van der Waals surface area contributed by atoms with Gasteiger partial charge in [0.15, 0.2) is 0 Å². The van der Waals surface area contributed by atoms with Crippen molar-refractivity contribution in [2.24, 2.45) is 11.5 Å². The van der Waals surface area contributed by atoms with Gasteiger partial charge < -0.3 is 58.0 Å². The monoisotopic (exact) mass is 1220 g/mol. The van der Waals surface area contributed by atoms with Gasteiger partial charge in [0.1, 0.15) is 41.2 Å². The van der Waals surface area contributed by atoms with E-state index in [9.17, 15) is 63.0 Å². The third-order valence-corrected chi connectivity index (χ3v) is 16.2. The lowest BCUT2D eigenvalue weighted by Gasteiger charge is -2.23. The van der Waals surface area contributed by atoms with Crippen LogP contribution in [0.4, 0.5) is 5.69 Å². The second kappa shape index (κ2) is 29.3. The first kappa shape index (κ1) is 63.2. The molecule has 25 nitrogen and oxygen atoms in total. The number of benzene rings is 5. The number of nitrogens with one attached hydrogen (secondary N) is 8. The number of aromatic hydroxyl groups is 2. The number of nitrogens with two attached hydrogens (primary N) is 2. The average Bonchev–Trinajstić information content (AvgIpc) is 1.78. The highest BCUT2D eigenvalue weighted by atomic mass is 32.2. The van der Waals surface area contributed by atoms with Crippen LogP contribution in [0.25, 0.3) is 11.0 Å². The van der Waals surface area contributed by atoms with Crippen molar-refractivity contribution >= 4 is 99.3 Å². The summed E-state index contributed by atoms with van der Waals surface area (Å²) in [7, 11) is 0. The molecule has 27 heteroatoms. The van der Waals surface area contributed by atoms with Gasteiger partial charge in [0, 0.05) is 35.8 Å². The number of imide groups is 1. The Kier molecular flexibility index (Phi) is 21.3. The van der Waals surface area contributed by atoms with Crippen LogP contribution in [0.3, 0.4) is 0 Å². The van der Waals surface area contributed by atoms with Crippen LogP contribution in [0.2, 0.25) is 0 Å². The van der Waals surface area contributed by atoms with Crippen LogP contribution in [0.15, 0.2) is 152 Å². The summed E-state index contributed by atoms with van der Waals surface area (Å²) in [5.74, 6) is -10.4. The Labute approximate surface area is 505 Å². The van der Waals surface area contributed by atoms with Crippen LogP contribution in [-0.2, 0) is 73.6 Å². The molecule has 2 aliphatic heterocycles. The summed E-state index contributed by atoms with van der Waals surface area (Å²) in [6, 6.07) is 25.4. The molecule has 8 rings (SSSR count). The summed E-state index contributed by atoms with van der Waals surface area (Å²) < 4.78 is 5.35. The van der Waals surface area contributed by atoms with Gasteiger partial charge in [-0.1, -0.05) is 84.9 Å². The van der Waals surface area contributed by atoms with Crippen molar-refractivity contribution in [3.05, 3.63) is 182 Å². The number of anilines is 1. The van der Waals surface area contributed by atoms with E-state index in [0.29, 0.717) is 56.7 Å². The van der Waals surface area contributed by atoms with Gasteiger partial charge in [-0.2, -0.15) is 0 Å². The van der Waals surface area contributed by atoms with E-state index in [4.69, 9.17) is 15.9 Å². The Balaban J connectivity index is 1.16. The minimum absolute atomic E-state index is 0.00762. The topological polar surface area (TPSA) is 393 Å². The fourth-order valence-corrected chi connectivity index (χ4v) is 11.5. The predicted molar refractivity (Wildman–Crippen MR) is 322 cm³/mol. The molecule has 0 bridgehead atoms. The first-order valence-electron chi connectivity index (χ1n) is 27.1. The molecule has 6 aromatic rings. The van der Waals surface area contributed by atoms with E-state index in [1.54, 1.807) is 67.6 Å². The van der Waals surface area contributed by atoms with E-state index >= 15 is 0 Å². The third-order valence-electron chi connectivity index (χ3n) is 13.7. The second-order valence-corrected chi connectivity index (χ2v) is 22.3. The highest BCUT2D eigenvalue weighted by Crippen LogP contribution is 2.40. The number of rotatable bonds is 13.